The van der Waals surface area contributed by atoms with Crippen LogP contribution in [0.2, 0.25) is 0 Å². The molecule has 2 heteroatoms. The second-order valence-electron chi connectivity index (χ2n) is 5.05. The molecule has 0 saturated carbocycles. The molecule has 0 amide bonds. The third-order valence-electron chi connectivity index (χ3n) is 2.50. The Balaban J connectivity index is 2.34. The van der Waals surface area contributed by atoms with Gasteiger partial charge in [0.25, 0.3) is 0 Å². The lowest BCUT2D eigenvalue weighted by molar-refractivity contribution is -0.00661. The lowest BCUT2D eigenvalue weighted by atomic mass is 9.94. The van der Waals surface area contributed by atoms with Crippen LogP contribution >= 0.6 is 0 Å². The molecule has 1 aliphatic rings. The van der Waals surface area contributed by atoms with Crippen molar-refractivity contribution in [1.82, 2.24) is 0 Å². The van der Waals surface area contributed by atoms with Crippen LogP contribution < -0.4 is 5.73 Å². The van der Waals surface area contributed by atoms with Crippen molar-refractivity contribution in [2.75, 3.05) is 6.61 Å². The van der Waals surface area contributed by atoms with Gasteiger partial charge in [-0.05, 0) is 46.5 Å². The molecule has 1 rings (SSSR count). The molecule has 0 aromatic heterocycles. The van der Waals surface area contributed by atoms with Gasteiger partial charge in [0.2, 0.25) is 0 Å². The van der Waals surface area contributed by atoms with Gasteiger partial charge in [0.05, 0.1) is 12.2 Å². The summed E-state index contributed by atoms with van der Waals surface area (Å²) in [5.41, 5.74) is 7.38. The molecule has 0 aliphatic heterocycles. The smallest absolute Gasteiger partial charge is 0.0663 e. The van der Waals surface area contributed by atoms with Crippen LogP contribution in [-0.4, -0.2) is 18.2 Å². The fraction of sp³-hybridized carbons (Fsp3) is 0.833. The van der Waals surface area contributed by atoms with Crippen LogP contribution in [0.3, 0.4) is 0 Å². The topological polar surface area (TPSA) is 35.2 Å². The number of allylic oxidation sites excluding steroid dienone is 1. The highest BCUT2D eigenvalue weighted by atomic mass is 16.5. The Bertz CT molecular complexity index is 203. The number of rotatable bonds is 3. The molecular formula is C12H23NO. The maximum absolute atomic E-state index is 6.06. The van der Waals surface area contributed by atoms with Gasteiger partial charge in [-0.25, -0.2) is 0 Å². The van der Waals surface area contributed by atoms with Crippen LogP contribution in [0, 0.1) is 0 Å². The number of hydrogen-bond acceptors (Lipinski definition) is 2. The van der Waals surface area contributed by atoms with Crippen LogP contribution in [0.15, 0.2) is 11.6 Å². The van der Waals surface area contributed by atoms with Crippen molar-refractivity contribution in [1.29, 1.82) is 0 Å². The average Bonchev–Trinajstić information content (AvgIpc) is 2.14. The van der Waals surface area contributed by atoms with Gasteiger partial charge in [-0.1, -0.05) is 11.6 Å². The van der Waals surface area contributed by atoms with Crippen molar-refractivity contribution in [2.45, 2.75) is 58.1 Å². The quantitative estimate of drug-likeness (QED) is 0.706. The van der Waals surface area contributed by atoms with E-state index in [0.29, 0.717) is 6.61 Å². The van der Waals surface area contributed by atoms with Crippen molar-refractivity contribution in [3.8, 4) is 0 Å². The van der Waals surface area contributed by atoms with E-state index in [1.54, 1.807) is 0 Å². The highest BCUT2D eigenvalue weighted by Crippen LogP contribution is 2.20. The van der Waals surface area contributed by atoms with E-state index in [4.69, 9.17) is 10.5 Å². The molecule has 0 aromatic carbocycles. The van der Waals surface area contributed by atoms with E-state index in [2.05, 4.69) is 26.8 Å². The minimum Gasteiger partial charge on any atom is -0.374 e. The molecule has 1 aliphatic carbocycles. The molecule has 1 atom stereocenters. The van der Waals surface area contributed by atoms with Gasteiger partial charge in [0, 0.05) is 6.04 Å². The first kappa shape index (κ1) is 11.7. The molecular weight excluding hydrogens is 174 g/mol. The fourth-order valence-electron chi connectivity index (χ4n) is 1.65. The molecule has 2 nitrogen and oxygen atoms in total. The molecule has 2 N–H and O–H groups in total. The summed E-state index contributed by atoms with van der Waals surface area (Å²) in [6.45, 7) is 6.84. The Morgan fingerprint density at radius 1 is 1.43 bits per heavy atom. The summed E-state index contributed by atoms with van der Waals surface area (Å²) in [4.78, 5) is 0. The molecule has 0 bridgehead atoms. The number of hydrogen-bond donors (Lipinski definition) is 1. The Kier molecular flexibility index (Phi) is 4.14. The summed E-state index contributed by atoms with van der Waals surface area (Å²) in [7, 11) is 0. The van der Waals surface area contributed by atoms with Gasteiger partial charge < -0.3 is 10.5 Å². The first-order valence-electron chi connectivity index (χ1n) is 5.57. The molecule has 0 radical (unpaired) electrons. The zero-order chi connectivity index (χ0) is 10.6. The van der Waals surface area contributed by atoms with Crippen LogP contribution in [0.1, 0.15) is 46.5 Å². The Morgan fingerprint density at radius 2 is 2.14 bits per heavy atom. The Hall–Kier alpha value is -0.340. The third kappa shape index (κ3) is 4.25. The SMILES string of the molecule is CC(C)(C)OCC(N)C1=CCCCC1. The predicted molar refractivity (Wildman–Crippen MR) is 60.2 cm³/mol. The van der Waals surface area contributed by atoms with Crippen LogP contribution in [0.25, 0.3) is 0 Å². The zero-order valence-corrected chi connectivity index (χ0v) is 9.68. The van der Waals surface area contributed by atoms with Crippen molar-refractivity contribution >= 4 is 0 Å². The number of nitrogens with two attached hydrogens (primary N) is 1. The van der Waals surface area contributed by atoms with E-state index in [1.807, 2.05) is 0 Å². The summed E-state index contributed by atoms with van der Waals surface area (Å²) in [6, 6.07) is 0.106. The minimum absolute atomic E-state index is 0.0765. The normalized spacial score (nSPS) is 20.4. The fourth-order valence-corrected chi connectivity index (χ4v) is 1.65. The van der Waals surface area contributed by atoms with Crippen LogP contribution in [0.5, 0.6) is 0 Å². The zero-order valence-electron chi connectivity index (χ0n) is 9.68. The van der Waals surface area contributed by atoms with Gasteiger partial charge in [0.1, 0.15) is 0 Å². The van der Waals surface area contributed by atoms with E-state index in [-0.39, 0.29) is 11.6 Å². The molecule has 1 unspecified atom stereocenters. The second kappa shape index (κ2) is 4.94. The first-order valence-corrected chi connectivity index (χ1v) is 5.57. The van der Waals surface area contributed by atoms with Crippen LogP contribution in [-0.2, 0) is 4.74 Å². The summed E-state index contributed by atoms with van der Waals surface area (Å²) < 4.78 is 5.68. The maximum Gasteiger partial charge on any atom is 0.0663 e. The summed E-state index contributed by atoms with van der Waals surface area (Å²) in [5, 5.41) is 0. The van der Waals surface area contributed by atoms with Crippen LogP contribution in [0.4, 0.5) is 0 Å². The molecule has 0 saturated heterocycles. The van der Waals surface area contributed by atoms with Crippen molar-refractivity contribution < 1.29 is 4.74 Å². The van der Waals surface area contributed by atoms with Crippen molar-refractivity contribution in [3.05, 3.63) is 11.6 Å². The van der Waals surface area contributed by atoms with Gasteiger partial charge in [-0.2, -0.15) is 0 Å². The van der Waals surface area contributed by atoms with Gasteiger partial charge in [-0.3, -0.25) is 0 Å². The molecule has 0 spiro atoms. The summed E-state index contributed by atoms with van der Waals surface area (Å²) in [5.74, 6) is 0. The molecule has 14 heavy (non-hydrogen) atoms. The lowest BCUT2D eigenvalue weighted by Gasteiger charge is -2.25. The van der Waals surface area contributed by atoms with E-state index >= 15 is 0 Å². The van der Waals surface area contributed by atoms with Gasteiger partial charge in [-0.15, -0.1) is 0 Å². The monoisotopic (exact) mass is 197 g/mol. The second-order valence-corrected chi connectivity index (χ2v) is 5.05. The summed E-state index contributed by atoms with van der Waals surface area (Å²) in [6.07, 6.45) is 7.25. The van der Waals surface area contributed by atoms with E-state index in [0.717, 1.165) is 6.42 Å². The summed E-state index contributed by atoms with van der Waals surface area (Å²) >= 11 is 0. The molecule has 0 fully saturated rings. The van der Waals surface area contributed by atoms with Crippen molar-refractivity contribution in [3.63, 3.8) is 0 Å². The molecule has 0 aromatic rings. The van der Waals surface area contributed by atoms with Gasteiger partial charge >= 0.3 is 0 Å². The van der Waals surface area contributed by atoms with Crippen molar-refractivity contribution in [2.24, 2.45) is 5.73 Å². The Morgan fingerprint density at radius 3 is 2.64 bits per heavy atom. The minimum atomic E-state index is -0.0765. The highest BCUT2D eigenvalue weighted by molar-refractivity contribution is 5.12. The van der Waals surface area contributed by atoms with E-state index in [9.17, 15) is 0 Å². The maximum atomic E-state index is 6.06. The standard InChI is InChI=1S/C12H23NO/c1-12(2,3)14-9-11(13)10-7-5-4-6-8-10/h7,11H,4-6,8-9,13H2,1-3H3. The lowest BCUT2D eigenvalue weighted by Crippen LogP contribution is -2.33. The largest absolute Gasteiger partial charge is 0.374 e. The third-order valence-corrected chi connectivity index (χ3v) is 2.50. The van der Waals surface area contributed by atoms with E-state index < -0.39 is 0 Å². The Labute approximate surface area is 87.5 Å². The molecule has 0 heterocycles. The predicted octanol–water partition coefficient (Wildman–Crippen LogP) is 2.63. The highest BCUT2D eigenvalue weighted by Gasteiger charge is 2.16. The first-order chi connectivity index (χ1) is 6.49. The molecule has 82 valence electrons. The van der Waals surface area contributed by atoms with E-state index in [1.165, 1.54) is 24.8 Å². The number of ether oxygens (including phenoxy) is 1. The average molecular weight is 197 g/mol. The van der Waals surface area contributed by atoms with Gasteiger partial charge in [0.15, 0.2) is 0 Å².